The van der Waals surface area contributed by atoms with Gasteiger partial charge in [0.2, 0.25) is 5.95 Å². The minimum atomic E-state index is -0.729. The molecule has 8 nitrogen and oxygen atoms in total. The third-order valence-corrected chi connectivity index (χ3v) is 3.81. The van der Waals surface area contributed by atoms with Crippen molar-refractivity contribution in [3.8, 4) is 11.4 Å². The minimum Gasteiger partial charge on any atom is -0.289 e. The second-order valence-corrected chi connectivity index (χ2v) is 5.70. The number of hydrogen-bond acceptors (Lipinski definition) is 5. The normalized spacial score (nSPS) is 10.5. The smallest absolute Gasteiger partial charge is 0.283 e. The molecule has 0 atom stereocenters. The number of amides is 1. The number of nitro groups is 1. The highest BCUT2D eigenvalue weighted by atomic mass is 35.5. The van der Waals surface area contributed by atoms with Gasteiger partial charge < -0.3 is 0 Å². The Bertz CT molecular complexity index is 973. The maximum atomic E-state index is 12.3. The number of nitrogens with zero attached hydrogens (tertiary/aromatic N) is 3. The number of rotatable bonds is 4. The van der Waals surface area contributed by atoms with E-state index in [0.29, 0.717) is 16.4 Å². The van der Waals surface area contributed by atoms with Crippen molar-refractivity contribution in [1.82, 2.24) is 15.2 Å². The molecule has 0 aliphatic rings. The first-order chi connectivity index (χ1) is 12.0. The van der Waals surface area contributed by atoms with Gasteiger partial charge in [-0.3, -0.25) is 25.3 Å². The minimum absolute atomic E-state index is 0.0378. The van der Waals surface area contributed by atoms with E-state index in [1.54, 1.807) is 24.3 Å². The van der Waals surface area contributed by atoms with Gasteiger partial charge in [-0.15, -0.1) is 5.10 Å². The molecule has 3 aromatic rings. The Hall–Kier alpha value is -2.97. The summed E-state index contributed by atoms with van der Waals surface area (Å²) in [7, 11) is 0. The van der Waals surface area contributed by atoms with Crippen molar-refractivity contribution in [2.75, 3.05) is 5.32 Å². The highest BCUT2D eigenvalue weighted by Crippen LogP contribution is 2.26. The second kappa shape index (κ2) is 6.88. The Balaban J connectivity index is 1.86. The van der Waals surface area contributed by atoms with Crippen molar-refractivity contribution in [2.24, 2.45) is 0 Å². The number of halogens is 2. The number of carbonyl (C=O) groups is 1. The highest BCUT2D eigenvalue weighted by molar-refractivity contribution is 6.33. The summed E-state index contributed by atoms with van der Waals surface area (Å²) in [5.41, 5.74) is 0.0417. The Morgan fingerprint density at radius 1 is 1.20 bits per heavy atom. The number of hydrogen-bond donors (Lipinski definition) is 2. The third-order valence-electron chi connectivity index (χ3n) is 3.24. The first-order valence-corrected chi connectivity index (χ1v) is 7.64. The van der Waals surface area contributed by atoms with Gasteiger partial charge in [-0.1, -0.05) is 35.3 Å². The molecule has 0 radical (unpaired) electrons. The number of aromatic amines is 1. The summed E-state index contributed by atoms with van der Waals surface area (Å²) in [6.45, 7) is 0. The van der Waals surface area contributed by atoms with Crippen LogP contribution in [0.1, 0.15) is 10.4 Å². The molecule has 25 heavy (non-hydrogen) atoms. The van der Waals surface area contributed by atoms with Crippen LogP contribution < -0.4 is 5.32 Å². The summed E-state index contributed by atoms with van der Waals surface area (Å²) >= 11 is 11.8. The van der Waals surface area contributed by atoms with Crippen LogP contribution in [0.25, 0.3) is 11.4 Å². The molecule has 2 N–H and O–H groups in total. The lowest BCUT2D eigenvalue weighted by atomic mass is 10.1. The molecule has 0 fully saturated rings. The van der Waals surface area contributed by atoms with Crippen LogP contribution in [0.4, 0.5) is 11.6 Å². The lowest BCUT2D eigenvalue weighted by Crippen LogP contribution is -2.14. The summed E-state index contributed by atoms with van der Waals surface area (Å²) in [6.07, 6.45) is 0. The first-order valence-electron chi connectivity index (χ1n) is 6.88. The van der Waals surface area contributed by atoms with Crippen LogP contribution in [-0.2, 0) is 0 Å². The second-order valence-electron chi connectivity index (χ2n) is 4.86. The average molecular weight is 378 g/mol. The SMILES string of the molecule is O=C(Nc1n[nH]c(-c2ccccc2Cl)n1)c1ccc(Cl)cc1[N+](=O)[O-]. The fourth-order valence-corrected chi connectivity index (χ4v) is 2.50. The predicted molar refractivity (Wildman–Crippen MR) is 92.9 cm³/mol. The van der Waals surface area contributed by atoms with E-state index in [2.05, 4.69) is 20.5 Å². The number of benzene rings is 2. The number of aromatic nitrogens is 3. The number of anilines is 1. The van der Waals surface area contributed by atoms with E-state index in [-0.39, 0.29) is 16.5 Å². The number of carbonyl (C=O) groups excluding carboxylic acids is 1. The monoisotopic (exact) mass is 377 g/mol. The standard InChI is InChI=1S/C15H9Cl2N5O3/c16-8-5-6-10(12(7-8)22(24)25)14(23)19-15-18-13(20-21-15)9-3-1-2-4-11(9)17/h1-7H,(H2,18,19,20,21,23). The number of H-pyrrole nitrogens is 1. The molecule has 1 heterocycles. The predicted octanol–water partition coefficient (Wildman–Crippen LogP) is 3.94. The van der Waals surface area contributed by atoms with Crippen molar-refractivity contribution in [2.45, 2.75) is 0 Å². The van der Waals surface area contributed by atoms with E-state index < -0.39 is 16.5 Å². The van der Waals surface area contributed by atoms with Gasteiger partial charge in [0.1, 0.15) is 5.56 Å². The fourth-order valence-electron chi connectivity index (χ4n) is 2.11. The van der Waals surface area contributed by atoms with E-state index in [9.17, 15) is 14.9 Å². The molecule has 0 bridgehead atoms. The Morgan fingerprint density at radius 3 is 2.68 bits per heavy atom. The Kier molecular flexibility index (Phi) is 4.64. The summed E-state index contributed by atoms with van der Waals surface area (Å²) < 4.78 is 0. The molecule has 0 spiro atoms. The van der Waals surface area contributed by atoms with Crippen LogP contribution in [0.3, 0.4) is 0 Å². The van der Waals surface area contributed by atoms with E-state index >= 15 is 0 Å². The molecule has 0 saturated heterocycles. The van der Waals surface area contributed by atoms with Gasteiger partial charge in [0.15, 0.2) is 5.82 Å². The largest absolute Gasteiger partial charge is 0.289 e. The molecule has 1 amide bonds. The van der Waals surface area contributed by atoms with Gasteiger partial charge in [-0.25, -0.2) is 0 Å². The molecule has 3 rings (SSSR count). The third kappa shape index (κ3) is 3.59. The van der Waals surface area contributed by atoms with E-state index in [1.165, 1.54) is 12.1 Å². The van der Waals surface area contributed by atoms with Crippen LogP contribution >= 0.6 is 23.2 Å². The maximum absolute atomic E-state index is 12.3. The van der Waals surface area contributed by atoms with Crippen LogP contribution in [0.15, 0.2) is 42.5 Å². The molecule has 1 aromatic heterocycles. The van der Waals surface area contributed by atoms with E-state index in [4.69, 9.17) is 23.2 Å². The van der Waals surface area contributed by atoms with Crippen molar-refractivity contribution < 1.29 is 9.72 Å². The van der Waals surface area contributed by atoms with Gasteiger partial charge >= 0.3 is 0 Å². The topological polar surface area (TPSA) is 114 Å². The Morgan fingerprint density at radius 2 is 1.96 bits per heavy atom. The summed E-state index contributed by atoms with van der Waals surface area (Å²) in [5, 5.41) is 20.6. The van der Waals surface area contributed by atoms with Crippen molar-refractivity contribution in [3.63, 3.8) is 0 Å². The molecular formula is C15H9Cl2N5O3. The van der Waals surface area contributed by atoms with E-state index in [1.807, 2.05) is 0 Å². The number of nitro benzene ring substituents is 1. The van der Waals surface area contributed by atoms with Gasteiger partial charge in [0.05, 0.1) is 9.95 Å². The van der Waals surface area contributed by atoms with Gasteiger partial charge in [-0.05, 0) is 24.3 Å². The molecule has 0 aliphatic carbocycles. The number of nitrogens with one attached hydrogen (secondary N) is 2. The molecule has 0 saturated carbocycles. The summed E-state index contributed by atoms with van der Waals surface area (Å²) in [4.78, 5) is 26.8. The highest BCUT2D eigenvalue weighted by Gasteiger charge is 2.22. The zero-order valence-electron chi connectivity index (χ0n) is 12.4. The van der Waals surface area contributed by atoms with Gasteiger partial charge in [0, 0.05) is 16.7 Å². The first kappa shape index (κ1) is 16.9. The molecular weight excluding hydrogens is 369 g/mol. The van der Waals surface area contributed by atoms with Crippen LogP contribution in [0.2, 0.25) is 10.0 Å². The zero-order chi connectivity index (χ0) is 18.0. The average Bonchev–Trinajstić information content (AvgIpc) is 3.03. The summed E-state index contributed by atoms with van der Waals surface area (Å²) in [5.74, 6) is -0.413. The lowest BCUT2D eigenvalue weighted by Gasteiger charge is -2.03. The lowest BCUT2D eigenvalue weighted by molar-refractivity contribution is -0.385. The van der Waals surface area contributed by atoms with Crippen LogP contribution in [0, 0.1) is 10.1 Å². The molecule has 2 aromatic carbocycles. The molecule has 0 unspecified atom stereocenters. The molecule has 0 aliphatic heterocycles. The Labute approximate surface area is 150 Å². The zero-order valence-corrected chi connectivity index (χ0v) is 13.9. The van der Waals surface area contributed by atoms with Crippen molar-refractivity contribution >= 4 is 40.7 Å². The molecule has 10 heteroatoms. The molecule has 126 valence electrons. The van der Waals surface area contributed by atoms with Crippen LogP contribution in [-0.4, -0.2) is 26.0 Å². The quantitative estimate of drug-likeness (QED) is 0.527. The van der Waals surface area contributed by atoms with E-state index in [0.717, 1.165) is 6.07 Å². The maximum Gasteiger partial charge on any atom is 0.283 e. The van der Waals surface area contributed by atoms with Crippen molar-refractivity contribution in [1.29, 1.82) is 0 Å². The van der Waals surface area contributed by atoms with Gasteiger partial charge in [0.25, 0.3) is 11.6 Å². The fraction of sp³-hybridized carbons (Fsp3) is 0. The summed E-state index contributed by atoms with van der Waals surface area (Å²) in [6, 6.07) is 10.7. The van der Waals surface area contributed by atoms with Gasteiger partial charge in [-0.2, -0.15) is 4.98 Å². The van der Waals surface area contributed by atoms with Crippen LogP contribution in [0.5, 0.6) is 0 Å². The van der Waals surface area contributed by atoms with Crippen molar-refractivity contribution in [3.05, 3.63) is 68.2 Å².